The van der Waals surface area contributed by atoms with Gasteiger partial charge in [-0.05, 0) is 43.0 Å². The van der Waals surface area contributed by atoms with E-state index in [-0.39, 0.29) is 30.1 Å². The van der Waals surface area contributed by atoms with Crippen LogP contribution in [0.15, 0.2) is 52.3 Å². The van der Waals surface area contributed by atoms with Gasteiger partial charge in [-0.2, -0.15) is 0 Å². The van der Waals surface area contributed by atoms with Crippen molar-refractivity contribution in [1.29, 1.82) is 5.41 Å². The van der Waals surface area contributed by atoms with Crippen molar-refractivity contribution in [3.8, 4) is 0 Å². The number of hydrogen-bond acceptors (Lipinski definition) is 6. The molecule has 0 radical (unpaired) electrons. The van der Waals surface area contributed by atoms with E-state index in [1.807, 2.05) is 50.2 Å². The largest absolute Gasteiger partial charge is 0.366 e. The SMILES string of the molecule is CC(C)C[C@H](NC(=N)c1ccc2c(c1)Nc1ccccc1S2)C(=O)N[C@H]1CCOC1O.Cl. The smallest absolute Gasteiger partial charge is 0.242 e. The average molecular weight is 477 g/mol. The number of benzene rings is 2. The van der Waals surface area contributed by atoms with E-state index in [1.54, 1.807) is 11.8 Å². The summed E-state index contributed by atoms with van der Waals surface area (Å²) in [5.74, 6) is 0.227. The number of ether oxygens (including phenoxy) is 1. The number of aliphatic hydroxyl groups excluding tert-OH is 1. The molecule has 32 heavy (non-hydrogen) atoms. The minimum atomic E-state index is -0.977. The molecule has 3 atom stereocenters. The Bertz CT molecular complexity index is 987. The Hall–Kier alpha value is -2.26. The number of amides is 1. The quantitative estimate of drug-likeness (QED) is 0.273. The Morgan fingerprint density at radius 1 is 1.25 bits per heavy atom. The van der Waals surface area contributed by atoms with Gasteiger partial charge in [-0.1, -0.05) is 43.8 Å². The van der Waals surface area contributed by atoms with Crippen LogP contribution in [0.1, 0.15) is 32.3 Å². The average Bonchev–Trinajstić information content (AvgIpc) is 3.15. The highest BCUT2D eigenvalue weighted by atomic mass is 35.5. The lowest BCUT2D eigenvalue weighted by molar-refractivity contribution is -0.127. The molecular weight excluding hydrogens is 448 g/mol. The molecule has 0 saturated carbocycles. The van der Waals surface area contributed by atoms with E-state index in [1.165, 1.54) is 4.90 Å². The second-order valence-electron chi connectivity index (χ2n) is 8.30. The molecule has 1 amide bonds. The van der Waals surface area contributed by atoms with Crippen molar-refractivity contribution in [3.63, 3.8) is 0 Å². The Labute approximate surface area is 198 Å². The fourth-order valence-corrected chi connectivity index (χ4v) is 4.72. The van der Waals surface area contributed by atoms with Gasteiger partial charge in [0.15, 0.2) is 6.29 Å². The van der Waals surface area contributed by atoms with Crippen LogP contribution in [0.4, 0.5) is 11.4 Å². The standard InChI is InChI=1S/C23H28N4O3S.ClH/c1-13(2)11-18(22(28)27-16-9-10-30-23(16)29)26-21(24)14-7-8-20-17(12-14)25-15-5-3-4-6-19(15)31-20;/h3-8,12-13,16,18,23,25,29H,9-11H2,1-2H3,(H2,24,26)(H,27,28);1H/t16-,18-,23?;/m0./s1. The van der Waals surface area contributed by atoms with Crippen molar-refractivity contribution in [1.82, 2.24) is 10.6 Å². The van der Waals surface area contributed by atoms with Gasteiger partial charge < -0.3 is 25.8 Å². The number of para-hydroxylation sites is 1. The van der Waals surface area contributed by atoms with E-state index in [2.05, 4.69) is 22.0 Å². The van der Waals surface area contributed by atoms with Gasteiger partial charge in [0.1, 0.15) is 11.9 Å². The van der Waals surface area contributed by atoms with Gasteiger partial charge in [-0.25, -0.2) is 0 Å². The number of carbonyl (C=O) groups is 1. The van der Waals surface area contributed by atoms with E-state index in [0.29, 0.717) is 25.0 Å². The molecular formula is C23H29ClN4O3S. The van der Waals surface area contributed by atoms with Crippen molar-refractivity contribution in [2.75, 3.05) is 11.9 Å². The summed E-state index contributed by atoms with van der Waals surface area (Å²) in [4.78, 5) is 15.1. The molecule has 2 aromatic rings. The zero-order chi connectivity index (χ0) is 22.0. The van der Waals surface area contributed by atoms with Gasteiger partial charge >= 0.3 is 0 Å². The van der Waals surface area contributed by atoms with Crippen LogP contribution in [0.3, 0.4) is 0 Å². The van der Waals surface area contributed by atoms with Crippen LogP contribution in [0.5, 0.6) is 0 Å². The number of rotatable bonds is 6. The normalized spacial score (nSPS) is 19.8. The highest BCUT2D eigenvalue weighted by Crippen LogP contribution is 2.44. The number of fused-ring (bicyclic) bond motifs is 2. The monoisotopic (exact) mass is 476 g/mol. The van der Waals surface area contributed by atoms with Crippen molar-refractivity contribution >= 4 is 47.3 Å². The van der Waals surface area contributed by atoms with Gasteiger partial charge in [0, 0.05) is 15.4 Å². The van der Waals surface area contributed by atoms with Crippen molar-refractivity contribution in [2.45, 2.75) is 54.9 Å². The second-order valence-corrected chi connectivity index (χ2v) is 9.38. The number of aliphatic hydroxyl groups is 1. The van der Waals surface area contributed by atoms with Gasteiger partial charge in [0.25, 0.3) is 0 Å². The fourth-order valence-electron chi connectivity index (χ4n) is 3.76. The van der Waals surface area contributed by atoms with Crippen LogP contribution in [-0.2, 0) is 9.53 Å². The lowest BCUT2D eigenvalue weighted by Gasteiger charge is -2.25. The van der Waals surface area contributed by atoms with Crippen LogP contribution in [0, 0.1) is 11.3 Å². The molecule has 1 saturated heterocycles. The summed E-state index contributed by atoms with van der Waals surface area (Å²) in [6.45, 7) is 4.50. The number of hydrogen-bond donors (Lipinski definition) is 5. The molecule has 0 aliphatic carbocycles. The van der Waals surface area contributed by atoms with Crippen molar-refractivity contribution in [2.24, 2.45) is 5.92 Å². The van der Waals surface area contributed by atoms with E-state index >= 15 is 0 Å². The molecule has 1 unspecified atom stereocenters. The van der Waals surface area contributed by atoms with E-state index < -0.39 is 18.4 Å². The lowest BCUT2D eigenvalue weighted by atomic mass is 10.0. The number of halogens is 1. The van der Waals surface area contributed by atoms with E-state index in [4.69, 9.17) is 10.1 Å². The molecule has 0 spiro atoms. The first-order chi connectivity index (χ1) is 14.9. The summed E-state index contributed by atoms with van der Waals surface area (Å²) in [5, 5.41) is 27.8. The van der Waals surface area contributed by atoms with Crippen LogP contribution in [0.25, 0.3) is 0 Å². The van der Waals surface area contributed by atoms with Gasteiger partial charge in [-0.15, -0.1) is 12.4 Å². The first-order valence-electron chi connectivity index (χ1n) is 10.5. The van der Waals surface area contributed by atoms with E-state index in [0.717, 1.165) is 16.3 Å². The lowest BCUT2D eigenvalue weighted by Crippen LogP contribution is -2.51. The molecule has 5 N–H and O–H groups in total. The van der Waals surface area contributed by atoms with E-state index in [9.17, 15) is 9.90 Å². The third kappa shape index (κ3) is 5.56. The van der Waals surface area contributed by atoms with Crippen LogP contribution >= 0.6 is 24.2 Å². The predicted molar refractivity (Wildman–Crippen MR) is 129 cm³/mol. The summed E-state index contributed by atoms with van der Waals surface area (Å²) < 4.78 is 5.12. The highest BCUT2D eigenvalue weighted by Gasteiger charge is 2.31. The van der Waals surface area contributed by atoms with Gasteiger partial charge in [-0.3, -0.25) is 10.2 Å². The fraction of sp³-hybridized carbons (Fsp3) is 0.391. The molecule has 2 aliphatic rings. The summed E-state index contributed by atoms with van der Waals surface area (Å²) in [5.41, 5.74) is 2.70. The summed E-state index contributed by atoms with van der Waals surface area (Å²) >= 11 is 1.70. The molecule has 4 rings (SSSR count). The second kappa shape index (κ2) is 10.6. The molecule has 2 aliphatic heterocycles. The molecule has 7 nitrogen and oxygen atoms in total. The predicted octanol–water partition coefficient (Wildman–Crippen LogP) is 3.87. The molecule has 0 bridgehead atoms. The summed E-state index contributed by atoms with van der Waals surface area (Å²) in [6, 6.07) is 13.0. The molecule has 0 aromatic heterocycles. The van der Waals surface area contributed by atoms with Gasteiger partial charge in [0.05, 0.1) is 24.0 Å². The summed E-state index contributed by atoms with van der Waals surface area (Å²) in [7, 11) is 0. The minimum Gasteiger partial charge on any atom is -0.366 e. The molecule has 172 valence electrons. The number of nitrogens with one attached hydrogen (secondary N) is 4. The Balaban J connectivity index is 0.00000289. The van der Waals surface area contributed by atoms with Crippen molar-refractivity contribution in [3.05, 3.63) is 48.0 Å². The zero-order valence-electron chi connectivity index (χ0n) is 18.1. The molecule has 9 heteroatoms. The maximum Gasteiger partial charge on any atom is 0.242 e. The number of carbonyl (C=O) groups excluding carboxylic acids is 1. The van der Waals surface area contributed by atoms with Crippen LogP contribution in [-0.4, -0.2) is 41.8 Å². The molecule has 2 heterocycles. The van der Waals surface area contributed by atoms with Crippen LogP contribution in [0.2, 0.25) is 0 Å². The molecule has 1 fully saturated rings. The zero-order valence-corrected chi connectivity index (χ0v) is 19.7. The maximum atomic E-state index is 12.9. The topological polar surface area (TPSA) is 106 Å². The highest BCUT2D eigenvalue weighted by molar-refractivity contribution is 7.99. The first-order valence-corrected chi connectivity index (χ1v) is 11.4. The third-order valence-corrected chi connectivity index (χ3v) is 6.53. The van der Waals surface area contributed by atoms with Crippen LogP contribution < -0.4 is 16.0 Å². The third-order valence-electron chi connectivity index (χ3n) is 5.38. The Morgan fingerprint density at radius 3 is 2.72 bits per heavy atom. The maximum absolute atomic E-state index is 12.9. The Morgan fingerprint density at radius 2 is 2.00 bits per heavy atom. The molecule has 2 aromatic carbocycles. The van der Waals surface area contributed by atoms with Gasteiger partial charge in [0.2, 0.25) is 5.91 Å². The summed E-state index contributed by atoms with van der Waals surface area (Å²) in [6.07, 6.45) is 0.175. The van der Waals surface area contributed by atoms with Crippen molar-refractivity contribution < 1.29 is 14.6 Å². The Kier molecular flexibility index (Phi) is 8.05. The minimum absolute atomic E-state index is 0. The number of amidine groups is 1. The number of anilines is 2. The first kappa shape index (κ1) is 24.4.